The molecule has 2 atom stereocenters. The molecule has 19 heavy (non-hydrogen) atoms. The summed E-state index contributed by atoms with van der Waals surface area (Å²) in [6.07, 6.45) is 2.91. The quantitative estimate of drug-likeness (QED) is 0.874. The number of amides is 2. The summed E-state index contributed by atoms with van der Waals surface area (Å²) in [5.74, 6) is -0.616. The molecule has 2 heterocycles. The summed E-state index contributed by atoms with van der Waals surface area (Å²) < 4.78 is 5.22. The van der Waals surface area contributed by atoms with Crippen molar-refractivity contribution in [2.75, 3.05) is 13.1 Å². The van der Waals surface area contributed by atoms with Crippen molar-refractivity contribution in [2.24, 2.45) is 5.92 Å². The Labute approximate surface area is 111 Å². The molecule has 0 bridgehead atoms. The summed E-state index contributed by atoms with van der Waals surface area (Å²) in [5.41, 5.74) is 0. The zero-order valence-electron chi connectivity index (χ0n) is 10.8. The Balaban J connectivity index is 1.91. The molecule has 1 aromatic heterocycles. The topological polar surface area (TPSA) is 82.8 Å². The fourth-order valence-electron chi connectivity index (χ4n) is 2.25. The Bertz CT molecular complexity index is 444. The van der Waals surface area contributed by atoms with Crippen molar-refractivity contribution in [3.63, 3.8) is 0 Å². The van der Waals surface area contributed by atoms with Gasteiger partial charge in [0.15, 0.2) is 0 Å². The smallest absolute Gasteiger partial charge is 0.318 e. The van der Waals surface area contributed by atoms with E-state index in [9.17, 15) is 9.59 Å². The summed E-state index contributed by atoms with van der Waals surface area (Å²) in [7, 11) is 0. The van der Waals surface area contributed by atoms with Gasteiger partial charge in [0.1, 0.15) is 5.76 Å². The fraction of sp³-hybridized carbons (Fsp3) is 0.538. The van der Waals surface area contributed by atoms with E-state index in [0.717, 1.165) is 6.42 Å². The molecular weight excluding hydrogens is 248 g/mol. The van der Waals surface area contributed by atoms with E-state index >= 15 is 0 Å². The van der Waals surface area contributed by atoms with Crippen LogP contribution in [0.25, 0.3) is 0 Å². The fourth-order valence-corrected chi connectivity index (χ4v) is 2.25. The second-order valence-electron chi connectivity index (χ2n) is 4.81. The number of likely N-dealkylation sites (tertiary alicyclic amines) is 1. The van der Waals surface area contributed by atoms with Crippen LogP contribution in [0.4, 0.5) is 4.79 Å². The predicted molar refractivity (Wildman–Crippen MR) is 67.6 cm³/mol. The summed E-state index contributed by atoms with van der Waals surface area (Å²) in [4.78, 5) is 24.6. The first-order chi connectivity index (χ1) is 9.08. The third-order valence-electron chi connectivity index (χ3n) is 3.37. The van der Waals surface area contributed by atoms with Crippen molar-refractivity contribution in [1.29, 1.82) is 0 Å². The SMILES string of the molecule is CC(NC(=O)N1CCC[C@H](C(=O)O)C1)c1ccco1. The third kappa shape index (κ3) is 3.27. The lowest BCUT2D eigenvalue weighted by molar-refractivity contribution is -0.143. The molecule has 1 aromatic rings. The number of hydrogen-bond acceptors (Lipinski definition) is 3. The Morgan fingerprint density at radius 1 is 1.58 bits per heavy atom. The number of piperidine rings is 1. The largest absolute Gasteiger partial charge is 0.481 e. The van der Waals surface area contributed by atoms with Gasteiger partial charge in [-0.25, -0.2) is 4.79 Å². The molecule has 0 aromatic carbocycles. The zero-order chi connectivity index (χ0) is 13.8. The second kappa shape index (κ2) is 5.77. The van der Waals surface area contributed by atoms with Gasteiger partial charge in [-0.1, -0.05) is 0 Å². The van der Waals surface area contributed by atoms with E-state index in [-0.39, 0.29) is 18.6 Å². The molecule has 2 rings (SSSR count). The maximum absolute atomic E-state index is 12.1. The van der Waals surface area contributed by atoms with Gasteiger partial charge in [-0.2, -0.15) is 0 Å². The molecule has 1 unspecified atom stereocenters. The van der Waals surface area contributed by atoms with Crippen molar-refractivity contribution in [3.8, 4) is 0 Å². The van der Waals surface area contributed by atoms with Gasteiger partial charge in [0.05, 0.1) is 18.2 Å². The Morgan fingerprint density at radius 2 is 2.37 bits per heavy atom. The van der Waals surface area contributed by atoms with Crippen LogP contribution < -0.4 is 5.32 Å². The third-order valence-corrected chi connectivity index (χ3v) is 3.37. The predicted octanol–water partition coefficient (Wildman–Crippen LogP) is 1.85. The van der Waals surface area contributed by atoms with Crippen LogP contribution in [-0.2, 0) is 4.79 Å². The van der Waals surface area contributed by atoms with Gasteiger partial charge in [0.25, 0.3) is 0 Å². The molecule has 1 aliphatic heterocycles. The van der Waals surface area contributed by atoms with Gasteiger partial charge < -0.3 is 19.7 Å². The number of carbonyl (C=O) groups excluding carboxylic acids is 1. The van der Waals surface area contributed by atoms with E-state index in [1.165, 1.54) is 0 Å². The Morgan fingerprint density at radius 3 is 3.00 bits per heavy atom. The molecule has 0 radical (unpaired) electrons. The van der Waals surface area contributed by atoms with Crippen LogP contribution in [0.5, 0.6) is 0 Å². The van der Waals surface area contributed by atoms with Crippen molar-refractivity contribution < 1.29 is 19.1 Å². The molecule has 1 fully saturated rings. The Kier molecular flexibility index (Phi) is 4.09. The molecule has 1 aliphatic rings. The van der Waals surface area contributed by atoms with Gasteiger partial charge in [0.2, 0.25) is 0 Å². The molecule has 104 valence electrons. The number of carboxylic acid groups (broad SMARTS) is 1. The first-order valence-corrected chi connectivity index (χ1v) is 6.39. The van der Waals surface area contributed by atoms with E-state index < -0.39 is 11.9 Å². The number of nitrogens with one attached hydrogen (secondary N) is 1. The monoisotopic (exact) mass is 266 g/mol. The first-order valence-electron chi connectivity index (χ1n) is 6.39. The van der Waals surface area contributed by atoms with Crippen molar-refractivity contribution >= 4 is 12.0 Å². The van der Waals surface area contributed by atoms with Crippen LogP contribution in [0.1, 0.15) is 31.6 Å². The molecule has 6 nitrogen and oxygen atoms in total. The molecule has 2 N–H and O–H groups in total. The van der Waals surface area contributed by atoms with Crippen LogP contribution >= 0.6 is 0 Å². The van der Waals surface area contributed by atoms with Gasteiger partial charge in [-0.15, -0.1) is 0 Å². The number of urea groups is 1. The van der Waals surface area contributed by atoms with Gasteiger partial charge in [-0.05, 0) is 31.9 Å². The van der Waals surface area contributed by atoms with E-state index in [1.54, 1.807) is 23.3 Å². The summed E-state index contributed by atoms with van der Waals surface area (Å²) in [5, 5.41) is 11.8. The number of aliphatic carboxylic acids is 1. The summed E-state index contributed by atoms with van der Waals surface area (Å²) in [6.45, 7) is 2.70. The summed E-state index contributed by atoms with van der Waals surface area (Å²) >= 11 is 0. The number of nitrogens with zero attached hydrogens (tertiary/aromatic N) is 1. The highest BCUT2D eigenvalue weighted by atomic mass is 16.4. The number of furan rings is 1. The molecular formula is C13H18N2O4. The number of hydrogen-bond donors (Lipinski definition) is 2. The van der Waals surface area contributed by atoms with Crippen LogP contribution in [-0.4, -0.2) is 35.1 Å². The maximum Gasteiger partial charge on any atom is 0.318 e. The van der Waals surface area contributed by atoms with E-state index in [1.807, 2.05) is 6.92 Å². The number of rotatable bonds is 3. The maximum atomic E-state index is 12.1. The van der Waals surface area contributed by atoms with E-state index in [4.69, 9.17) is 9.52 Å². The Hall–Kier alpha value is -1.98. The van der Waals surface area contributed by atoms with Gasteiger partial charge >= 0.3 is 12.0 Å². The molecule has 2 amide bonds. The van der Waals surface area contributed by atoms with Crippen LogP contribution in [0.3, 0.4) is 0 Å². The van der Waals surface area contributed by atoms with E-state index in [2.05, 4.69) is 5.32 Å². The minimum atomic E-state index is -0.836. The second-order valence-corrected chi connectivity index (χ2v) is 4.81. The average Bonchev–Trinajstić information content (AvgIpc) is 2.92. The van der Waals surface area contributed by atoms with Gasteiger partial charge in [-0.3, -0.25) is 4.79 Å². The lowest BCUT2D eigenvalue weighted by Gasteiger charge is -2.31. The molecule has 0 aliphatic carbocycles. The summed E-state index contributed by atoms with van der Waals surface area (Å²) in [6, 6.07) is 3.09. The highest BCUT2D eigenvalue weighted by molar-refractivity contribution is 5.76. The number of carboxylic acids is 1. The normalized spacial score (nSPS) is 20.9. The van der Waals surface area contributed by atoms with Crippen LogP contribution in [0.2, 0.25) is 0 Å². The average molecular weight is 266 g/mol. The lowest BCUT2D eigenvalue weighted by atomic mass is 9.99. The highest BCUT2D eigenvalue weighted by Gasteiger charge is 2.28. The van der Waals surface area contributed by atoms with E-state index in [0.29, 0.717) is 18.7 Å². The van der Waals surface area contributed by atoms with Crippen molar-refractivity contribution in [1.82, 2.24) is 10.2 Å². The van der Waals surface area contributed by atoms with Crippen LogP contribution in [0, 0.1) is 5.92 Å². The van der Waals surface area contributed by atoms with Crippen molar-refractivity contribution in [3.05, 3.63) is 24.2 Å². The minimum absolute atomic E-state index is 0.229. The van der Waals surface area contributed by atoms with Crippen molar-refractivity contribution in [2.45, 2.75) is 25.8 Å². The molecule has 1 saturated heterocycles. The first kappa shape index (κ1) is 13.5. The van der Waals surface area contributed by atoms with Gasteiger partial charge in [0, 0.05) is 13.1 Å². The molecule has 0 saturated carbocycles. The highest BCUT2D eigenvalue weighted by Crippen LogP contribution is 2.18. The standard InChI is InChI=1S/C13H18N2O4/c1-9(11-5-3-7-19-11)14-13(18)15-6-2-4-10(8-15)12(16)17/h3,5,7,9-10H,2,4,6,8H2,1H3,(H,14,18)(H,16,17)/t9?,10-/m0/s1. The molecule has 6 heteroatoms. The lowest BCUT2D eigenvalue weighted by Crippen LogP contribution is -2.47. The number of carbonyl (C=O) groups is 2. The van der Waals surface area contributed by atoms with Crippen LogP contribution in [0.15, 0.2) is 22.8 Å². The molecule has 0 spiro atoms. The minimum Gasteiger partial charge on any atom is -0.481 e. The zero-order valence-corrected chi connectivity index (χ0v) is 10.8.